The number of nitrogens with zero attached hydrogens (tertiary/aromatic N) is 1. The largest absolute Gasteiger partial charge is 0.468 e. The van der Waals surface area contributed by atoms with Crippen LogP contribution in [0.3, 0.4) is 0 Å². The summed E-state index contributed by atoms with van der Waals surface area (Å²) in [4.78, 5) is 12.6. The average molecular weight is 284 g/mol. The number of carbonyl (C=O) groups excluding carboxylic acids is 1. The summed E-state index contributed by atoms with van der Waals surface area (Å²) in [7, 11) is 0. The molecule has 1 aromatic heterocycles. The summed E-state index contributed by atoms with van der Waals surface area (Å²) in [6.45, 7) is 4.03. The van der Waals surface area contributed by atoms with Gasteiger partial charge in [0.1, 0.15) is 23.2 Å². The Balaban J connectivity index is 2.17. The maximum atomic E-state index is 12.6. The van der Waals surface area contributed by atoms with Gasteiger partial charge in [-0.3, -0.25) is 4.79 Å². The molecule has 0 aromatic carbocycles. The zero-order valence-corrected chi connectivity index (χ0v) is 12.0. The normalized spacial score (nSPS) is 24.4. The molecule has 3 rings (SSSR count). The molecule has 0 unspecified atom stereocenters. The van der Waals surface area contributed by atoms with Crippen molar-refractivity contribution >= 4 is 5.78 Å². The fourth-order valence-corrected chi connectivity index (χ4v) is 3.02. The van der Waals surface area contributed by atoms with Gasteiger partial charge in [-0.1, -0.05) is 13.8 Å². The van der Waals surface area contributed by atoms with Crippen molar-refractivity contribution in [2.75, 3.05) is 0 Å². The van der Waals surface area contributed by atoms with Gasteiger partial charge in [-0.15, -0.1) is 0 Å². The summed E-state index contributed by atoms with van der Waals surface area (Å²) in [5.74, 6) is 0.593. The number of ether oxygens (including phenoxy) is 1. The number of nitrogens with two attached hydrogens (primary N) is 1. The molecule has 0 radical (unpaired) electrons. The summed E-state index contributed by atoms with van der Waals surface area (Å²) < 4.78 is 11.0. The standard InChI is InChI=1S/C16H16N2O3/c1-16(2)6-10(19)14-12(7-16)21-15(18)9(8-17)13(14)11-4-3-5-20-11/h3-5,13H,6-7,18H2,1-2H3/t13-/m1/s1. The Bertz CT molecular complexity index is 702. The fourth-order valence-electron chi connectivity index (χ4n) is 3.02. The highest BCUT2D eigenvalue weighted by molar-refractivity contribution is 5.99. The molecule has 0 bridgehead atoms. The minimum absolute atomic E-state index is 0.0112. The van der Waals surface area contributed by atoms with E-state index in [0.717, 1.165) is 0 Å². The van der Waals surface area contributed by atoms with E-state index in [1.165, 1.54) is 6.26 Å². The average Bonchev–Trinajstić information content (AvgIpc) is 2.88. The minimum atomic E-state index is -0.558. The van der Waals surface area contributed by atoms with Gasteiger partial charge >= 0.3 is 0 Å². The lowest BCUT2D eigenvalue weighted by molar-refractivity contribution is -0.119. The number of hydrogen-bond acceptors (Lipinski definition) is 5. The summed E-state index contributed by atoms with van der Waals surface area (Å²) in [6.07, 6.45) is 2.56. The van der Waals surface area contributed by atoms with Crippen LogP contribution in [0.5, 0.6) is 0 Å². The zero-order valence-electron chi connectivity index (χ0n) is 12.0. The maximum Gasteiger partial charge on any atom is 0.205 e. The molecule has 0 amide bonds. The van der Waals surface area contributed by atoms with Gasteiger partial charge in [0.2, 0.25) is 5.88 Å². The number of ketones is 1. The van der Waals surface area contributed by atoms with Gasteiger partial charge in [-0.05, 0) is 17.5 Å². The van der Waals surface area contributed by atoms with Gasteiger partial charge < -0.3 is 14.9 Å². The fraction of sp³-hybridized carbons (Fsp3) is 0.375. The minimum Gasteiger partial charge on any atom is -0.468 e. The predicted molar refractivity (Wildman–Crippen MR) is 74.4 cm³/mol. The van der Waals surface area contributed by atoms with Crippen molar-refractivity contribution in [2.45, 2.75) is 32.6 Å². The summed E-state index contributed by atoms with van der Waals surface area (Å²) in [6, 6.07) is 5.53. The van der Waals surface area contributed by atoms with Crippen LogP contribution in [-0.4, -0.2) is 5.78 Å². The molecule has 0 saturated heterocycles. The first-order valence-corrected chi connectivity index (χ1v) is 6.80. The van der Waals surface area contributed by atoms with Crippen LogP contribution in [0.2, 0.25) is 0 Å². The van der Waals surface area contributed by atoms with Gasteiger partial charge in [0, 0.05) is 18.4 Å². The van der Waals surface area contributed by atoms with E-state index in [1.54, 1.807) is 12.1 Å². The first-order valence-electron chi connectivity index (χ1n) is 6.80. The van der Waals surface area contributed by atoms with E-state index in [9.17, 15) is 10.1 Å². The summed E-state index contributed by atoms with van der Waals surface area (Å²) >= 11 is 0. The summed E-state index contributed by atoms with van der Waals surface area (Å²) in [5, 5.41) is 9.37. The zero-order chi connectivity index (χ0) is 15.2. The lowest BCUT2D eigenvalue weighted by Crippen LogP contribution is -2.33. The Morgan fingerprint density at radius 2 is 2.19 bits per heavy atom. The van der Waals surface area contributed by atoms with E-state index in [-0.39, 0.29) is 22.7 Å². The molecular formula is C16H16N2O3. The maximum absolute atomic E-state index is 12.6. The van der Waals surface area contributed by atoms with Crippen molar-refractivity contribution in [2.24, 2.45) is 11.1 Å². The van der Waals surface area contributed by atoms with Crippen molar-refractivity contribution in [3.8, 4) is 6.07 Å². The predicted octanol–water partition coefficient (Wildman–Crippen LogP) is 2.73. The highest BCUT2D eigenvalue weighted by atomic mass is 16.5. The van der Waals surface area contributed by atoms with Crippen molar-refractivity contribution in [3.05, 3.63) is 46.9 Å². The molecule has 5 heteroatoms. The number of nitriles is 1. The Morgan fingerprint density at radius 3 is 2.81 bits per heavy atom. The van der Waals surface area contributed by atoms with E-state index in [0.29, 0.717) is 29.9 Å². The molecule has 1 aliphatic heterocycles. The molecule has 1 atom stereocenters. The topological polar surface area (TPSA) is 89.2 Å². The van der Waals surface area contributed by atoms with Gasteiger partial charge in [-0.25, -0.2) is 0 Å². The van der Waals surface area contributed by atoms with Crippen LogP contribution in [0.4, 0.5) is 0 Å². The second-order valence-corrected chi connectivity index (χ2v) is 6.22. The van der Waals surface area contributed by atoms with Gasteiger partial charge in [0.15, 0.2) is 5.78 Å². The van der Waals surface area contributed by atoms with E-state index >= 15 is 0 Å². The Hall–Kier alpha value is -2.48. The second-order valence-electron chi connectivity index (χ2n) is 6.22. The van der Waals surface area contributed by atoms with Crippen LogP contribution < -0.4 is 5.73 Å². The van der Waals surface area contributed by atoms with E-state index in [1.807, 2.05) is 19.9 Å². The molecule has 108 valence electrons. The number of rotatable bonds is 1. The number of carbonyl (C=O) groups is 1. The molecule has 21 heavy (non-hydrogen) atoms. The molecule has 5 nitrogen and oxygen atoms in total. The highest BCUT2D eigenvalue weighted by Crippen LogP contribution is 2.47. The molecule has 1 aromatic rings. The smallest absolute Gasteiger partial charge is 0.205 e. The third kappa shape index (κ3) is 2.13. The molecule has 1 aliphatic carbocycles. The molecule has 0 saturated carbocycles. The van der Waals surface area contributed by atoms with Gasteiger partial charge in [0.05, 0.1) is 12.2 Å². The van der Waals surface area contributed by atoms with Crippen LogP contribution in [0.1, 0.15) is 38.4 Å². The number of allylic oxidation sites excluding steroid dienone is 3. The van der Waals surface area contributed by atoms with Gasteiger partial charge in [0.25, 0.3) is 0 Å². The van der Waals surface area contributed by atoms with Crippen LogP contribution in [0, 0.1) is 16.7 Å². The molecule has 2 N–H and O–H groups in total. The monoisotopic (exact) mass is 284 g/mol. The number of Topliss-reactive ketones (excluding diaryl/α,β-unsaturated/α-hetero) is 1. The second kappa shape index (κ2) is 4.52. The van der Waals surface area contributed by atoms with Crippen LogP contribution in [0.15, 0.2) is 45.6 Å². The molecule has 0 fully saturated rings. The molecule has 2 heterocycles. The highest BCUT2D eigenvalue weighted by Gasteiger charge is 2.43. The molecule has 0 spiro atoms. The van der Waals surface area contributed by atoms with Gasteiger partial charge in [-0.2, -0.15) is 5.26 Å². The lowest BCUT2D eigenvalue weighted by atomic mass is 9.71. The Morgan fingerprint density at radius 1 is 1.43 bits per heavy atom. The van der Waals surface area contributed by atoms with Crippen molar-refractivity contribution in [3.63, 3.8) is 0 Å². The Labute approximate surface area is 122 Å². The van der Waals surface area contributed by atoms with E-state index < -0.39 is 5.92 Å². The van der Waals surface area contributed by atoms with E-state index in [2.05, 4.69) is 0 Å². The first-order chi connectivity index (χ1) is 9.93. The van der Waals surface area contributed by atoms with Crippen LogP contribution in [-0.2, 0) is 9.53 Å². The van der Waals surface area contributed by atoms with Crippen LogP contribution in [0.25, 0.3) is 0 Å². The Kier molecular flexibility index (Phi) is 2.91. The lowest BCUT2D eigenvalue weighted by Gasteiger charge is -2.36. The third-order valence-corrected chi connectivity index (χ3v) is 3.90. The molecule has 2 aliphatic rings. The molecular weight excluding hydrogens is 268 g/mol. The number of furan rings is 1. The van der Waals surface area contributed by atoms with Crippen molar-refractivity contribution in [1.29, 1.82) is 5.26 Å². The first kappa shape index (κ1) is 13.5. The van der Waals surface area contributed by atoms with Crippen molar-refractivity contribution < 1.29 is 13.9 Å². The summed E-state index contributed by atoms with van der Waals surface area (Å²) in [5.41, 5.74) is 6.44. The number of hydrogen-bond donors (Lipinski definition) is 1. The van der Waals surface area contributed by atoms with E-state index in [4.69, 9.17) is 14.9 Å². The third-order valence-electron chi connectivity index (χ3n) is 3.90. The SMILES string of the molecule is CC1(C)CC(=O)C2=C(C1)OC(N)=C(C#N)[C@@H]2c1ccco1. The van der Waals surface area contributed by atoms with Crippen LogP contribution >= 0.6 is 0 Å². The van der Waals surface area contributed by atoms with Crippen molar-refractivity contribution in [1.82, 2.24) is 0 Å². The quantitative estimate of drug-likeness (QED) is 0.856.